The average molecular weight is 445 g/mol. The highest BCUT2D eigenvalue weighted by Gasteiger charge is 2.23. The summed E-state index contributed by atoms with van der Waals surface area (Å²) in [6.45, 7) is 7.16. The second-order valence-electron chi connectivity index (χ2n) is 9.12. The van der Waals surface area contributed by atoms with Crippen LogP contribution in [0.5, 0.6) is 5.75 Å². The Kier molecular flexibility index (Phi) is 7.18. The van der Waals surface area contributed by atoms with Crippen molar-refractivity contribution in [3.63, 3.8) is 0 Å². The minimum Gasteiger partial charge on any atom is -0.489 e. The molecule has 2 aliphatic rings. The lowest BCUT2D eigenvalue weighted by Crippen LogP contribution is -2.37. The molecule has 0 unspecified atom stereocenters. The lowest BCUT2D eigenvalue weighted by atomic mass is 10.1. The normalized spacial score (nSPS) is 18.6. The summed E-state index contributed by atoms with van der Waals surface area (Å²) in [5, 5.41) is 8.04. The number of piperidine rings is 1. The number of rotatable bonds is 7. The molecule has 1 saturated carbocycles. The zero-order valence-electron chi connectivity index (χ0n) is 18.5. The molecule has 0 bridgehead atoms. The SMILES string of the molecule is CC(C)n1cc(CN2CCC(Oc3ccc(C(=O)NC4CCCC4)cc3Cl)CC2)cn1. The van der Waals surface area contributed by atoms with Gasteiger partial charge in [-0.3, -0.25) is 14.4 Å². The molecule has 1 N–H and O–H groups in total. The number of benzene rings is 1. The Morgan fingerprint density at radius 1 is 1.23 bits per heavy atom. The molecule has 0 radical (unpaired) electrons. The van der Waals surface area contributed by atoms with Gasteiger partial charge in [0.15, 0.2) is 0 Å². The van der Waals surface area contributed by atoms with Gasteiger partial charge in [0.05, 0.1) is 11.2 Å². The van der Waals surface area contributed by atoms with Crippen LogP contribution >= 0.6 is 11.6 Å². The Labute approximate surface area is 189 Å². The second kappa shape index (κ2) is 10.0. The number of halogens is 1. The van der Waals surface area contributed by atoms with E-state index in [0.29, 0.717) is 28.4 Å². The van der Waals surface area contributed by atoms with E-state index in [1.165, 1.54) is 18.4 Å². The predicted octanol–water partition coefficient (Wildman–Crippen LogP) is 4.83. The van der Waals surface area contributed by atoms with Gasteiger partial charge < -0.3 is 10.1 Å². The minimum atomic E-state index is -0.0468. The Morgan fingerprint density at radius 2 is 1.97 bits per heavy atom. The highest BCUT2D eigenvalue weighted by atomic mass is 35.5. The van der Waals surface area contributed by atoms with Crippen LogP contribution in [-0.2, 0) is 6.54 Å². The standard InChI is InChI=1S/C24H33ClN4O2/c1-17(2)29-16-18(14-26-29)15-28-11-9-21(10-12-28)31-23-8-7-19(13-22(23)25)24(30)27-20-5-3-4-6-20/h7-8,13-14,16-17,20-21H,3-6,9-12,15H2,1-2H3,(H,27,30). The summed E-state index contributed by atoms with van der Waals surface area (Å²) < 4.78 is 8.19. The predicted molar refractivity (Wildman–Crippen MR) is 123 cm³/mol. The number of nitrogens with one attached hydrogen (secondary N) is 1. The van der Waals surface area contributed by atoms with E-state index in [4.69, 9.17) is 16.3 Å². The van der Waals surface area contributed by atoms with Crippen LogP contribution in [0.15, 0.2) is 30.6 Å². The molecule has 1 aliphatic carbocycles. The summed E-state index contributed by atoms with van der Waals surface area (Å²) in [4.78, 5) is 14.9. The van der Waals surface area contributed by atoms with Crippen molar-refractivity contribution in [3.05, 3.63) is 46.7 Å². The highest BCUT2D eigenvalue weighted by molar-refractivity contribution is 6.32. The Bertz CT molecular complexity index is 883. The third-order valence-electron chi connectivity index (χ3n) is 6.30. The first-order valence-electron chi connectivity index (χ1n) is 11.5. The Balaban J connectivity index is 1.26. The van der Waals surface area contributed by atoms with Crippen molar-refractivity contribution in [1.29, 1.82) is 0 Å². The van der Waals surface area contributed by atoms with Crippen LogP contribution in [0.1, 0.15) is 74.3 Å². The number of nitrogens with zero attached hydrogens (tertiary/aromatic N) is 3. The maximum absolute atomic E-state index is 12.5. The van der Waals surface area contributed by atoms with Crippen LogP contribution in [0.2, 0.25) is 5.02 Å². The van der Waals surface area contributed by atoms with Crippen molar-refractivity contribution in [2.45, 2.75) is 77.1 Å². The number of aromatic nitrogens is 2. The fourth-order valence-electron chi connectivity index (χ4n) is 4.44. The number of likely N-dealkylation sites (tertiary alicyclic amines) is 1. The topological polar surface area (TPSA) is 59.4 Å². The van der Waals surface area contributed by atoms with E-state index in [9.17, 15) is 4.79 Å². The maximum atomic E-state index is 12.5. The summed E-state index contributed by atoms with van der Waals surface area (Å²) >= 11 is 6.45. The van der Waals surface area contributed by atoms with Crippen LogP contribution < -0.4 is 10.1 Å². The third kappa shape index (κ3) is 5.80. The molecule has 1 amide bonds. The van der Waals surface area contributed by atoms with Gasteiger partial charge in [0, 0.05) is 49.0 Å². The van der Waals surface area contributed by atoms with Gasteiger partial charge in [-0.1, -0.05) is 24.4 Å². The fourth-order valence-corrected chi connectivity index (χ4v) is 4.67. The number of hydrogen-bond donors (Lipinski definition) is 1. The van der Waals surface area contributed by atoms with E-state index in [-0.39, 0.29) is 12.0 Å². The number of carbonyl (C=O) groups is 1. The van der Waals surface area contributed by atoms with E-state index < -0.39 is 0 Å². The molecule has 4 rings (SSSR count). The van der Waals surface area contributed by atoms with E-state index in [0.717, 1.165) is 45.3 Å². The number of hydrogen-bond acceptors (Lipinski definition) is 4. The molecule has 168 valence electrons. The van der Waals surface area contributed by atoms with E-state index in [2.05, 4.69) is 35.4 Å². The molecule has 1 saturated heterocycles. The summed E-state index contributed by atoms with van der Waals surface area (Å²) in [5.41, 5.74) is 1.85. The molecule has 2 aromatic rings. The van der Waals surface area contributed by atoms with Gasteiger partial charge in [-0.15, -0.1) is 0 Å². The van der Waals surface area contributed by atoms with Crippen LogP contribution in [0, 0.1) is 0 Å². The molecule has 6 nitrogen and oxygen atoms in total. The summed E-state index contributed by atoms with van der Waals surface area (Å²) in [6.07, 6.45) is 10.7. The van der Waals surface area contributed by atoms with Gasteiger partial charge in [0.1, 0.15) is 11.9 Å². The molecular formula is C24H33ClN4O2. The van der Waals surface area contributed by atoms with Gasteiger partial charge in [-0.2, -0.15) is 5.10 Å². The molecule has 2 fully saturated rings. The summed E-state index contributed by atoms with van der Waals surface area (Å²) in [6, 6.07) is 6.05. The van der Waals surface area contributed by atoms with E-state index >= 15 is 0 Å². The molecule has 1 aromatic carbocycles. The minimum absolute atomic E-state index is 0.0468. The lowest BCUT2D eigenvalue weighted by Gasteiger charge is -2.32. The van der Waals surface area contributed by atoms with E-state index in [1.807, 2.05) is 23.0 Å². The largest absolute Gasteiger partial charge is 0.489 e. The van der Waals surface area contributed by atoms with Crippen molar-refractivity contribution in [3.8, 4) is 5.75 Å². The Morgan fingerprint density at radius 3 is 2.61 bits per heavy atom. The monoisotopic (exact) mass is 444 g/mol. The molecule has 1 aromatic heterocycles. The number of ether oxygens (including phenoxy) is 1. The molecule has 7 heteroatoms. The summed E-state index contributed by atoms with van der Waals surface area (Å²) in [5.74, 6) is 0.616. The third-order valence-corrected chi connectivity index (χ3v) is 6.60. The number of carbonyl (C=O) groups excluding carboxylic acids is 1. The van der Waals surface area contributed by atoms with Gasteiger partial charge >= 0.3 is 0 Å². The maximum Gasteiger partial charge on any atom is 0.251 e. The summed E-state index contributed by atoms with van der Waals surface area (Å²) in [7, 11) is 0. The molecule has 2 heterocycles. The quantitative estimate of drug-likeness (QED) is 0.664. The van der Waals surface area contributed by atoms with Crippen LogP contribution in [0.4, 0.5) is 0 Å². The first-order valence-corrected chi connectivity index (χ1v) is 11.9. The van der Waals surface area contributed by atoms with Gasteiger partial charge in [-0.05, 0) is 57.7 Å². The molecule has 0 spiro atoms. The molecular weight excluding hydrogens is 412 g/mol. The second-order valence-corrected chi connectivity index (χ2v) is 9.52. The van der Waals surface area contributed by atoms with Crippen molar-refractivity contribution < 1.29 is 9.53 Å². The molecule has 0 atom stereocenters. The highest BCUT2D eigenvalue weighted by Crippen LogP contribution is 2.29. The smallest absolute Gasteiger partial charge is 0.251 e. The number of amides is 1. The van der Waals surface area contributed by atoms with Crippen molar-refractivity contribution >= 4 is 17.5 Å². The lowest BCUT2D eigenvalue weighted by molar-refractivity contribution is 0.0936. The molecule has 1 aliphatic heterocycles. The zero-order valence-corrected chi connectivity index (χ0v) is 19.3. The molecule has 31 heavy (non-hydrogen) atoms. The van der Waals surface area contributed by atoms with Gasteiger partial charge in [-0.25, -0.2) is 0 Å². The van der Waals surface area contributed by atoms with Crippen molar-refractivity contribution in [1.82, 2.24) is 20.0 Å². The van der Waals surface area contributed by atoms with Crippen molar-refractivity contribution in [2.75, 3.05) is 13.1 Å². The van der Waals surface area contributed by atoms with Crippen molar-refractivity contribution in [2.24, 2.45) is 0 Å². The van der Waals surface area contributed by atoms with Gasteiger partial charge in [0.2, 0.25) is 0 Å². The zero-order chi connectivity index (χ0) is 21.8. The van der Waals surface area contributed by atoms with Crippen LogP contribution in [0.25, 0.3) is 0 Å². The average Bonchev–Trinajstić information content (AvgIpc) is 3.43. The van der Waals surface area contributed by atoms with Crippen LogP contribution in [0.3, 0.4) is 0 Å². The van der Waals surface area contributed by atoms with Crippen LogP contribution in [-0.4, -0.2) is 45.8 Å². The van der Waals surface area contributed by atoms with E-state index in [1.54, 1.807) is 6.07 Å². The Hall–Kier alpha value is -2.05. The first kappa shape index (κ1) is 22.2. The fraction of sp³-hybridized carbons (Fsp3) is 0.583. The first-order chi connectivity index (χ1) is 15.0. The van der Waals surface area contributed by atoms with Gasteiger partial charge in [0.25, 0.3) is 5.91 Å².